The quantitative estimate of drug-likeness (QED) is 0.843. The van der Waals surface area contributed by atoms with Gasteiger partial charge < -0.3 is 9.88 Å². The fourth-order valence-electron chi connectivity index (χ4n) is 3.11. The highest BCUT2D eigenvalue weighted by molar-refractivity contribution is 7.81. The van der Waals surface area contributed by atoms with E-state index in [0.717, 1.165) is 42.9 Å². The zero-order valence-corrected chi connectivity index (χ0v) is 14.5. The van der Waals surface area contributed by atoms with Crippen LogP contribution in [0.4, 0.5) is 0 Å². The van der Waals surface area contributed by atoms with Gasteiger partial charge in [-0.15, -0.1) is 0 Å². The van der Waals surface area contributed by atoms with Crippen LogP contribution < -0.4 is 0 Å². The maximum atomic E-state index is 12.4. The van der Waals surface area contributed by atoms with E-state index in [0.29, 0.717) is 0 Å². The SMILES string of the molecule is Cc1ccc(-c2cnc(C3CCCCN3C(=O)C(C)S)[nH]2)cc1. The molecule has 122 valence electrons. The van der Waals surface area contributed by atoms with Gasteiger partial charge >= 0.3 is 0 Å². The molecule has 0 aliphatic carbocycles. The number of benzene rings is 1. The maximum Gasteiger partial charge on any atom is 0.235 e. The number of thiol groups is 1. The molecular weight excluding hydrogens is 306 g/mol. The Bertz CT molecular complexity index is 678. The second kappa shape index (κ2) is 6.79. The molecule has 1 saturated heterocycles. The lowest BCUT2D eigenvalue weighted by Gasteiger charge is -2.35. The van der Waals surface area contributed by atoms with Crippen molar-refractivity contribution in [3.05, 3.63) is 41.9 Å². The highest BCUT2D eigenvalue weighted by atomic mass is 32.1. The third-order valence-electron chi connectivity index (χ3n) is 4.42. The van der Waals surface area contributed by atoms with Crippen molar-refractivity contribution in [3.63, 3.8) is 0 Å². The van der Waals surface area contributed by atoms with Crippen LogP contribution in [0.15, 0.2) is 30.5 Å². The molecule has 4 nitrogen and oxygen atoms in total. The molecule has 2 atom stereocenters. The Balaban J connectivity index is 1.85. The number of rotatable bonds is 3. The first-order valence-electron chi connectivity index (χ1n) is 8.17. The lowest BCUT2D eigenvalue weighted by molar-refractivity contribution is -0.134. The van der Waals surface area contributed by atoms with E-state index in [1.165, 1.54) is 5.56 Å². The van der Waals surface area contributed by atoms with Crippen molar-refractivity contribution in [2.45, 2.75) is 44.4 Å². The van der Waals surface area contributed by atoms with E-state index in [-0.39, 0.29) is 17.2 Å². The monoisotopic (exact) mass is 329 g/mol. The average Bonchev–Trinajstić information content (AvgIpc) is 3.04. The van der Waals surface area contributed by atoms with E-state index >= 15 is 0 Å². The molecule has 1 aliphatic heterocycles. The second-order valence-corrected chi connectivity index (χ2v) is 7.04. The van der Waals surface area contributed by atoms with Gasteiger partial charge in [-0.3, -0.25) is 4.79 Å². The lowest BCUT2D eigenvalue weighted by Crippen LogP contribution is -2.42. The molecule has 1 aromatic heterocycles. The van der Waals surface area contributed by atoms with Crippen molar-refractivity contribution >= 4 is 18.5 Å². The fourth-order valence-corrected chi connectivity index (χ4v) is 3.25. The third kappa shape index (κ3) is 3.44. The molecule has 0 spiro atoms. The number of hydrogen-bond donors (Lipinski definition) is 2. The summed E-state index contributed by atoms with van der Waals surface area (Å²) in [7, 11) is 0. The zero-order chi connectivity index (χ0) is 16.4. The number of piperidine rings is 1. The Morgan fingerprint density at radius 1 is 1.35 bits per heavy atom. The Hall–Kier alpha value is -1.75. The van der Waals surface area contributed by atoms with Crippen molar-refractivity contribution in [2.75, 3.05) is 6.54 Å². The molecule has 2 aromatic rings. The molecule has 2 heterocycles. The van der Waals surface area contributed by atoms with E-state index in [2.05, 4.69) is 53.8 Å². The molecule has 3 rings (SSSR count). The molecule has 0 bridgehead atoms. The van der Waals surface area contributed by atoms with Gasteiger partial charge in [0, 0.05) is 6.54 Å². The van der Waals surface area contributed by atoms with Gasteiger partial charge in [-0.05, 0) is 38.7 Å². The molecule has 0 saturated carbocycles. The predicted molar refractivity (Wildman–Crippen MR) is 95.5 cm³/mol. The summed E-state index contributed by atoms with van der Waals surface area (Å²) in [5, 5.41) is -0.276. The summed E-state index contributed by atoms with van der Waals surface area (Å²) in [4.78, 5) is 22.3. The van der Waals surface area contributed by atoms with Gasteiger partial charge in [-0.1, -0.05) is 29.8 Å². The van der Waals surface area contributed by atoms with Crippen molar-refractivity contribution in [3.8, 4) is 11.3 Å². The summed E-state index contributed by atoms with van der Waals surface area (Å²) in [6, 6.07) is 8.40. The Kier molecular flexibility index (Phi) is 4.76. The van der Waals surface area contributed by atoms with Crippen LogP contribution in [-0.4, -0.2) is 32.6 Å². The topological polar surface area (TPSA) is 49.0 Å². The number of aromatic amines is 1. The number of imidazole rings is 1. The van der Waals surface area contributed by atoms with Crippen LogP contribution in [0.1, 0.15) is 43.6 Å². The molecule has 1 N–H and O–H groups in total. The molecular formula is C18H23N3OS. The van der Waals surface area contributed by atoms with Gasteiger partial charge in [0.15, 0.2) is 0 Å². The zero-order valence-electron chi connectivity index (χ0n) is 13.6. The van der Waals surface area contributed by atoms with Gasteiger partial charge in [0.05, 0.1) is 23.2 Å². The Morgan fingerprint density at radius 3 is 2.78 bits per heavy atom. The largest absolute Gasteiger partial charge is 0.340 e. The number of nitrogens with one attached hydrogen (secondary N) is 1. The van der Waals surface area contributed by atoms with Crippen LogP contribution >= 0.6 is 12.6 Å². The minimum atomic E-state index is -0.276. The highest BCUT2D eigenvalue weighted by Gasteiger charge is 2.31. The van der Waals surface area contributed by atoms with Crippen molar-refractivity contribution in [1.29, 1.82) is 0 Å². The van der Waals surface area contributed by atoms with Crippen LogP contribution in [0, 0.1) is 6.92 Å². The molecule has 5 heteroatoms. The Labute approximate surface area is 142 Å². The summed E-state index contributed by atoms with van der Waals surface area (Å²) < 4.78 is 0. The van der Waals surface area contributed by atoms with E-state index in [9.17, 15) is 4.79 Å². The normalized spacial score (nSPS) is 19.6. The molecule has 1 amide bonds. The summed E-state index contributed by atoms with van der Waals surface area (Å²) >= 11 is 4.31. The second-order valence-electron chi connectivity index (χ2n) is 6.27. The van der Waals surface area contributed by atoms with E-state index in [4.69, 9.17) is 0 Å². The average molecular weight is 329 g/mol. The van der Waals surface area contributed by atoms with Crippen LogP contribution in [-0.2, 0) is 4.79 Å². The summed E-state index contributed by atoms with van der Waals surface area (Å²) in [5.41, 5.74) is 3.35. The maximum absolute atomic E-state index is 12.4. The molecule has 1 fully saturated rings. The van der Waals surface area contributed by atoms with Crippen molar-refractivity contribution in [2.24, 2.45) is 0 Å². The molecule has 1 aromatic carbocycles. The number of carbonyl (C=O) groups is 1. The van der Waals surface area contributed by atoms with Crippen LogP contribution in [0.3, 0.4) is 0 Å². The van der Waals surface area contributed by atoms with Gasteiger partial charge in [0.2, 0.25) is 5.91 Å². The standard InChI is InChI=1S/C18H23N3OS/c1-12-6-8-14(9-7-12)15-11-19-17(20-15)16-5-3-4-10-21(16)18(22)13(2)23/h6-9,11,13,16,23H,3-5,10H2,1-2H3,(H,19,20). The van der Waals surface area contributed by atoms with Gasteiger partial charge in [-0.25, -0.2) is 4.98 Å². The van der Waals surface area contributed by atoms with Crippen molar-refractivity contribution in [1.82, 2.24) is 14.9 Å². The first kappa shape index (κ1) is 16.1. The summed E-state index contributed by atoms with van der Waals surface area (Å²) in [6.45, 7) is 4.69. The van der Waals surface area contributed by atoms with Gasteiger partial charge in [-0.2, -0.15) is 12.6 Å². The number of H-pyrrole nitrogens is 1. The number of amides is 1. The van der Waals surface area contributed by atoms with Crippen LogP contribution in [0.5, 0.6) is 0 Å². The van der Waals surface area contributed by atoms with E-state index in [1.807, 2.05) is 18.0 Å². The van der Waals surface area contributed by atoms with Crippen molar-refractivity contribution < 1.29 is 4.79 Å². The lowest BCUT2D eigenvalue weighted by atomic mass is 10.0. The van der Waals surface area contributed by atoms with E-state index in [1.54, 1.807) is 0 Å². The smallest absolute Gasteiger partial charge is 0.235 e. The first-order chi connectivity index (χ1) is 11.1. The highest BCUT2D eigenvalue weighted by Crippen LogP contribution is 2.31. The van der Waals surface area contributed by atoms with E-state index < -0.39 is 0 Å². The molecule has 2 unspecified atom stereocenters. The Morgan fingerprint density at radius 2 is 2.09 bits per heavy atom. The van der Waals surface area contributed by atoms with Crippen LogP contribution in [0.25, 0.3) is 11.3 Å². The number of hydrogen-bond acceptors (Lipinski definition) is 3. The third-order valence-corrected chi connectivity index (χ3v) is 4.64. The molecule has 0 radical (unpaired) electrons. The summed E-state index contributed by atoms with van der Waals surface area (Å²) in [6.07, 6.45) is 4.98. The minimum Gasteiger partial charge on any atom is -0.340 e. The molecule has 1 aliphatic rings. The van der Waals surface area contributed by atoms with Gasteiger partial charge in [0.1, 0.15) is 5.82 Å². The number of carbonyl (C=O) groups excluding carboxylic acids is 1. The fraction of sp³-hybridized carbons (Fsp3) is 0.444. The molecule has 23 heavy (non-hydrogen) atoms. The van der Waals surface area contributed by atoms with Gasteiger partial charge in [0.25, 0.3) is 0 Å². The number of aromatic nitrogens is 2. The predicted octanol–water partition coefficient (Wildman–Crippen LogP) is 3.76. The first-order valence-corrected chi connectivity index (χ1v) is 8.68. The summed E-state index contributed by atoms with van der Waals surface area (Å²) in [5.74, 6) is 0.967. The number of likely N-dealkylation sites (tertiary alicyclic amines) is 1. The van der Waals surface area contributed by atoms with Crippen LogP contribution in [0.2, 0.25) is 0 Å². The minimum absolute atomic E-state index is 0.0325. The number of aryl methyl sites for hydroxylation is 1. The number of nitrogens with zero attached hydrogens (tertiary/aromatic N) is 2.